The zero-order valence-electron chi connectivity index (χ0n) is 20.5. The maximum atomic E-state index is 13.7. The van der Waals surface area contributed by atoms with Gasteiger partial charge in [-0.1, -0.05) is 32.9 Å². The van der Waals surface area contributed by atoms with E-state index < -0.39 is 0 Å². The summed E-state index contributed by atoms with van der Waals surface area (Å²) in [4.78, 5) is 33.5. The van der Waals surface area contributed by atoms with Gasteiger partial charge in [-0.25, -0.2) is 9.97 Å². The first kappa shape index (κ1) is 21.9. The maximum Gasteiger partial charge on any atom is 0.232 e. The minimum Gasteiger partial charge on any atom is -0.298 e. The smallest absolute Gasteiger partial charge is 0.232 e. The molecule has 4 aromatic heterocycles. The molecule has 1 aromatic carbocycles. The van der Waals surface area contributed by atoms with Crippen molar-refractivity contribution in [1.82, 2.24) is 34.7 Å². The summed E-state index contributed by atoms with van der Waals surface area (Å²) in [5.41, 5.74) is 6.14. The number of benzene rings is 1. The number of H-pyrrole nitrogens is 2. The number of aromatic nitrogens is 7. The van der Waals surface area contributed by atoms with Gasteiger partial charge in [0.1, 0.15) is 10.5 Å². The van der Waals surface area contributed by atoms with Crippen LogP contribution in [0.3, 0.4) is 0 Å². The van der Waals surface area contributed by atoms with Crippen molar-refractivity contribution in [2.45, 2.75) is 27.2 Å². The number of aromatic amines is 2. The molecule has 0 atom stereocenters. The lowest BCUT2D eigenvalue weighted by molar-refractivity contribution is 0.0867. The first-order chi connectivity index (χ1) is 17.8. The minimum absolute atomic E-state index is 0.0173. The molecule has 0 aliphatic carbocycles. The number of imidazole rings is 1. The van der Waals surface area contributed by atoms with E-state index in [1.807, 2.05) is 36.4 Å². The topological polar surface area (TPSA) is 105 Å². The monoisotopic (exact) mass is 505 g/mol. The number of para-hydroxylation sites is 1. The van der Waals surface area contributed by atoms with Gasteiger partial charge in [0.25, 0.3) is 0 Å². The van der Waals surface area contributed by atoms with Gasteiger partial charge in [-0.15, -0.1) is 11.3 Å². The summed E-state index contributed by atoms with van der Waals surface area (Å²) in [5.74, 6) is 0.0173. The molecule has 37 heavy (non-hydrogen) atoms. The number of thiophene rings is 1. The van der Waals surface area contributed by atoms with Crippen LogP contribution in [-0.4, -0.2) is 40.6 Å². The van der Waals surface area contributed by atoms with Crippen molar-refractivity contribution in [3.63, 3.8) is 0 Å². The van der Waals surface area contributed by atoms with Crippen LogP contribution in [0.25, 0.3) is 64.8 Å². The molecule has 0 saturated heterocycles. The second kappa shape index (κ2) is 7.81. The quantitative estimate of drug-likeness (QED) is 0.254. The summed E-state index contributed by atoms with van der Waals surface area (Å²) in [7, 11) is 0. The first-order valence-electron chi connectivity index (χ1n) is 12.1. The zero-order valence-corrected chi connectivity index (χ0v) is 21.3. The van der Waals surface area contributed by atoms with Crippen molar-refractivity contribution in [3.05, 3.63) is 61.1 Å². The molecule has 0 fully saturated rings. The van der Waals surface area contributed by atoms with E-state index in [4.69, 9.17) is 9.97 Å². The summed E-state index contributed by atoms with van der Waals surface area (Å²) >= 11 is 1.56. The van der Waals surface area contributed by atoms with Gasteiger partial charge in [0.05, 0.1) is 40.0 Å². The first-order valence-corrected chi connectivity index (χ1v) is 12.9. The minimum atomic E-state index is -0.167. The van der Waals surface area contributed by atoms with Gasteiger partial charge < -0.3 is 0 Å². The number of carbonyl (C=O) groups excluding carboxylic acids is 1. The third kappa shape index (κ3) is 3.62. The van der Waals surface area contributed by atoms with Crippen molar-refractivity contribution in [2.75, 3.05) is 0 Å². The molecule has 0 spiro atoms. The SMILES string of the molecule is CC(C)(C)CC(=O)n1c2cncc(c2)c2cc3c(cn2)[nH][nH]c-3c2nc3cccc(c4ccc1s4)c3n2. The Balaban J connectivity index is 1.69. The molecule has 6 heterocycles. The Kier molecular flexibility index (Phi) is 4.62. The Bertz CT molecular complexity index is 2030. The molecule has 7 rings (SSSR count). The Morgan fingerprint density at radius 1 is 1.00 bits per heavy atom. The molecule has 8 bridgehead atoms. The zero-order chi connectivity index (χ0) is 25.3. The van der Waals surface area contributed by atoms with Crippen LogP contribution < -0.4 is 0 Å². The molecule has 9 heteroatoms. The molecular weight excluding hydrogens is 482 g/mol. The normalized spacial score (nSPS) is 12.4. The van der Waals surface area contributed by atoms with Crippen LogP contribution in [-0.2, 0) is 0 Å². The van der Waals surface area contributed by atoms with Gasteiger partial charge in [0, 0.05) is 33.7 Å². The highest BCUT2D eigenvalue weighted by atomic mass is 32.1. The fraction of sp³-hybridized carbons (Fsp3) is 0.179. The Labute approximate surface area is 215 Å². The average molecular weight is 506 g/mol. The molecule has 2 aliphatic rings. The Morgan fingerprint density at radius 2 is 1.89 bits per heavy atom. The molecule has 8 nitrogen and oxygen atoms in total. The average Bonchev–Trinajstić information content (AvgIpc) is 3.60. The lowest BCUT2D eigenvalue weighted by Crippen LogP contribution is -2.19. The van der Waals surface area contributed by atoms with Gasteiger partial charge in [0.15, 0.2) is 5.65 Å². The van der Waals surface area contributed by atoms with E-state index in [-0.39, 0.29) is 11.3 Å². The predicted octanol–water partition coefficient (Wildman–Crippen LogP) is 6.86. The lowest BCUT2D eigenvalue weighted by atomic mass is 9.92. The van der Waals surface area contributed by atoms with Gasteiger partial charge in [0.2, 0.25) is 5.91 Å². The molecule has 0 unspecified atom stereocenters. The molecule has 2 aliphatic heterocycles. The lowest BCUT2D eigenvalue weighted by Gasteiger charge is -2.18. The van der Waals surface area contributed by atoms with E-state index in [1.165, 1.54) is 0 Å². The van der Waals surface area contributed by atoms with Crippen LogP contribution in [0.15, 0.2) is 61.1 Å². The molecule has 2 N–H and O–H groups in total. The Morgan fingerprint density at radius 3 is 2.76 bits per heavy atom. The van der Waals surface area contributed by atoms with Crippen molar-refractivity contribution in [3.8, 4) is 11.3 Å². The van der Waals surface area contributed by atoms with E-state index >= 15 is 0 Å². The van der Waals surface area contributed by atoms with Gasteiger partial charge in [-0.2, -0.15) is 0 Å². The van der Waals surface area contributed by atoms with E-state index in [1.54, 1.807) is 34.5 Å². The third-order valence-corrected chi connectivity index (χ3v) is 7.57. The summed E-state index contributed by atoms with van der Waals surface area (Å²) < 4.78 is 2.80. The van der Waals surface area contributed by atoms with Crippen molar-refractivity contribution < 1.29 is 4.79 Å². The fourth-order valence-corrected chi connectivity index (χ4v) is 5.87. The highest BCUT2D eigenvalue weighted by molar-refractivity contribution is 7.24. The van der Waals surface area contributed by atoms with Gasteiger partial charge in [-0.3, -0.25) is 29.5 Å². The van der Waals surface area contributed by atoms with Crippen molar-refractivity contribution >= 4 is 70.8 Å². The van der Waals surface area contributed by atoms with Crippen LogP contribution in [0.2, 0.25) is 0 Å². The van der Waals surface area contributed by atoms with Crippen molar-refractivity contribution in [2.24, 2.45) is 5.41 Å². The van der Waals surface area contributed by atoms with Crippen LogP contribution in [0, 0.1) is 5.41 Å². The van der Waals surface area contributed by atoms with E-state index in [9.17, 15) is 4.79 Å². The Hall–Kier alpha value is -4.37. The number of pyridine rings is 2. The summed E-state index contributed by atoms with van der Waals surface area (Å²) in [5, 5.41) is 8.22. The number of hydrogen-bond donors (Lipinski definition) is 2. The van der Waals surface area contributed by atoms with E-state index in [2.05, 4.69) is 47.0 Å². The highest BCUT2D eigenvalue weighted by Gasteiger charge is 2.20. The van der Waals surface area contributed by atoms with E-state index in [0.29, 0.717) is 17.6 Å². The molecule has 0 radical (unpaired) electrons. The summed E-state index contributed by atoms with van der Waals surface area (Å²) in [6, 6.07) is 14.1. The van der Waals surface area contributed by atoms with Gasteiger partial charge >= 0.3 is 0 Å². The second-order valence-corrected chi connectivity index (χ2v) is 11.6. The fourth-order valence-electron chi connectivity index (χ4n) is 4.80. The summed E-state index contributed by atoms with van der Waals surface area (Å²) in [6.45, 7) is 6.22. The van der Waals surface area contributed by atoms with Gasteiger partial charge in [-0.05, 0) is 35.7 Å². The van der Waals surface area contributed by atoms with Crippen LogP contribution in [0.4, 0.5) is 0 Å². The number of nitrogens with one attached hydrogen (secondary N) is 2. The second-order valence-electron chi connectivity index (χ2n) is 10.5. The largest absolute Gasteiger partial charge is 0.298 e. The molecule has 0 amide bonds. The number of hydrogen-bond acceptors (Lipinski definition) is 6. The highest BCUT2D eigenvalue weighted by Crippen LogP contribution is 2.33. The number of nitrogens with zero attached hydrogens (tertiary/aromatic N) is 5. The van der Waals surface area contributed by atoms with Crippen LogP contribution in [0.1, 0.15) is 32.0 Å². The predicted molar refractivity (Wildman–Crippen MR) is 149 cm³/mol. The molecule has 0 saturated carbocycles. The molecule has 5 aromatic rings. The van der Waals surface area contributed by atoms with Crippen LogP contribution >= 0.6 is 11.3 Å². The number of carbonyl (C=O) groups is 1. The maximum absolute atomic E-state index is 13.7. The standard InChI is InChI=1S/C28H23N7OS/c1-28(2,3)11-23(36)35-16-9-15(12-29-13-16)20-10-18-21(14-30-20)33-34-26(18)27-31-19-6-4-5-17(25(19)32-27)22-7-8-24(35)37-22/h4-10,12-14,33-34H,11H2,1-3H3. The van der Waals surface area contributed by atoms with E-state index in [0.717, 1.165) is 53.6 Å². The van der Waals surface area contributed by atoms with Crippen molar-refractivity contribution in [1.29, 1.82) is 0 Å². The number of fused-ring (bicyclic) bond motifs is 9. The summed E-state index contributed by atoms with van der Waals surface area (Å²) in [6.07, 6.45) is 5.70. The molecular formula is C28H23N7OS. The van der Waals surface area contributed by atoms with Crippen LogP contribution in [0.5, 0.6) is 0 Å². The number of rotatable bonds is 1. The molecule has 182 valence electrons. The third-order valence-electron chi connectivity index (χ3n) is 6.46.